The van der Waals surface area contributed by atoms with E-state index in [1.165, 1.54) is 4.31 Å². The molecule has 1 aliphatic rings. The third-order valence-corrected chi connectivity index (χ3v) is 8.86. The maximum absolute atomic E-state index is 13.1. The Morgan fingerprint density at radius 1 is 1.09 bits per heavy atom. The number of hydrogen-bond acceptors (Lipinski definition) is 7. The molecule has 2 N–H and O–H groups in total. The summed E-state index contributed by atoms with van der Waals surface area (Å²) < 4.78 is 29.3. The molecule has 2 aromatic heterocycles. The summed E-state index contributed by atoms with van der Waals surface area (Å²) >= 11 is 0. The van der Waals surface area contributed by atoms with Crippen molar-refractivity contribution in [2.75, 3.05) is 31.9 Å². The van der Waals surface area contributed by atoms with E-state index < -0.39 is 10.0 Å². The van der Waals surface area contributed by atoms with Gasteiger partial charge < -0.3 is 10.6 Å². The van der Waals surface area contributed by atoms with Gasteiger partial charge in [-0.1, -0.05) is 26.0 Å². The molecule has 11 heteroatoms. The van der Waals surface area contributed by atoms with E-state index in [1.807, 2.05) is 26.0 Å². The van der Waals surface area contributed by atoms with Crippen molar-refractivity contribution in [3.05, 3.63) is 46.8 Å². The summed E-state index contributed by atoms with van der Waals surface area (Å²) in [6, 6.07) is 7.16. The SMILES string of the molecule is CC[C@@H](C)c1ccc(S(=O)(=O)N2CCN(C(=O)CCc3c(C)nc4nc(N)nn4c3C)CC2)cc1. The van der Waals surface area contributed by atoms with Gasteiger partial charge in [-0.2, -0.15) is 13.8 Å². The minimum absolute atomic E-state index is 0.00282. The molecule has 0 aliphatic carbocycles. The molecule has 1 aromatic carbocycles. The largest absolute Gasteiger partial charge is 0.366 e. The summed E-state index contributed by atoms with van der Waals surface area (Å²) in [4.78, 5) is 23.5. The predicted molar refractivity (Wildman–Crippen MR) is 133 cm³/mol. The van der Waals surface area contributed by atoms with Gasteiger partial charge in [-0.25, -0.2) is 13.4 Å². The van der Waals surface area contributed by atoms with Crippen molar-refractivity contribution >= 4 is 27.7 Å². The van der Waals surface area contributed by atoms with Crippen molar-refractivity contribution in [2.45, 2.75) is 57.8 Å². The normalized spacial score (nSPS) is 16.1. The van der Waals surface area contributed by atoms with Gasteiger partial charge in [0, 0.05) is 44.0 Å². The van der Waals surface area contributed by atoms with Gasteiger partial charge in [-0.15, -0.1) is 5.10 Å². The third-order valence-electron chi connectivity index (χ3n) is 6.94. The Kier molecular flexibility index (Phi) is 7.09. The van der Waals surface area contributed by atoms with E-state index in [0.29, 0.717) is 42.5 Å². The molecule has 4 rings (SSSR count). The summed E-state index contributed by atoms with van der Waals surface area (Å²) in [5.74, 6) is 0.991. The number of fused-ring (bicyclic) bond motifs is 1. The molecule has 0 radical (unpaired) electrons. The molecule has 0 bridgehead atoms. The Bertz CT molecular complexity index is 1330. The molecule has 1 atom stereocenters. The highest BCUT2D eigenvalue weighted by Gasteiger charge is 2.30. The van der Waals surface area contributed by atoms with Crippen LogP contribution in [-0.2, 0) is 21.2 Å². The fraction of sp³-hybridized carbons (Fsp3) is 0.500. The minimum atomic E-state index is -3.58. The van der Waals surface area contributed by atoms with Crippen LogP contribution in [0.2, 0.25) is 0 Å². The minimum Gasteiger partial charge on any atom is -0.366 e. The number of hydrogen-bond donors (Lipinski definition) is 1. The predicted octanol–water partition coefficient (Wildman–Crippen LogP) is 2.30. The lowest BCUT2D eigenvalue weighted by atomic mass is 9.99. The molecule has 188 valence electrons. The third kappa shape index (κ3) is 5.01. The average Bonchev–Trinajstić information content (AvgIpc) is 3.23. The zero-order chi connectivity index (χ0) is 25.3. The van der Waals surface area contributed by atoms with E-state index in [-0.39, 0.29) is 24.9 Å². The molecule has 3 aromatic rings. The number of nitrogen functional groups attached to an aromatic ring is 1. The quantitative estimate of drug-likeness (QED) is 0.528. The van der Waals surface area contributed by atoms with Gasteiger partial charge in [0.1, 0.15) is 0 Å². The molecule has 0 spiro atoms. The first-order valence-corrected chi connectivity index (χ1v) is 13.4. The van der Waals surface area contributed by atoms with Crippen LogP contribution in [0.3, 0.4) is 0 Å². The van der Waals surface area contributed by atoms with Crippen LogP contribution in [0.25, 0.3) is 5.78 Å². The molecule has 10 nitrogen and oxygen atoms in total. The van der Waals surface area contributed by atoms with Crippen molar-refractivity contribution in [2.24, 2.45) is 0 Å². The van der Waals surface area contributed by atoms with Crippen molar-refractivity contribution < 1.29 is 13.2 Å². The highest BCUT2D eigenvalue weighted by molar-refractivity contribution is 7.89. The van der Waals surface area contributed by atoms with Crippen LogP contribution in [0.15, 0.2) is 29.2 Å². The van der Waals surface area contributed by atoms with Crippen LogP contribution >= 0.6 is 0 Å². The maximum atomic E-state index is 13.1. The van der Waals surface area contributed by atoms with E-state index in [9.17, 15) is 13.2 Å². The summed E-state index contributed by atoms with van der Waals surface area (Å²) in [5, 5.41) is 4.17. The number of sulfonamides is 1. The number of nitrogens with two attached hydrogens (primary N) is 1. The molecule has 1 fully saturated rings. The summed E-state index contributed by atoms with van der Waals surface area (Å²) in [6.45, 7) is 9.35. The van der Waals surface area contributed by atoms with Crippen LogP contribution in [0.4, 0.5) is 5.95 Å². The Balaban J connectivity index is 1.36. The first kappa shape index (κ1) is 25.1. The van der Waals surface area contributed by atoms with Crippen molar-refractivity contribution in [3.63, 3.8) is 0 Å². The van der Waals surface area contributed by atoms with Gasteiger partial charge in [0.25, 0.3) is 5.78 Å². The fourth-order valence-electron chi connectivity index (χ4n) is 4.51. The van der Waals surface area contributed by atoms with Gasteiger partial charge in [-0.3, -0.25) is 4.79 Å². The fourth-order valence-corrected chi connectivity index (χ4v) is 5.93. The first-order chi connectivity index (χ1) is 16.6. The van der Waals surface area contributed by atoms with Crippen LogP contribution in [0.5, 0.6) is 0 Å². The molecule has 0 saturated carbocycles. The Labute approximate surface area is 206 Å². The lowest BCUT2D eigenvalue weighted by molar-refractivity contribution is -0.132. The zero-order valence-electron chi connectivity index (χ0n) is 20.7. The summed E-state index contributed by atoms with van der Waals surface area (Å²) in [6.07, 6.45) is 1.82. The van der Waals surface area contributed by atoms with Gasteiger partial charge in [0.15, 0.2) is 0 Å². The Morgan fingerprint density at radius 2 is 1.74 bits per heavy atom. The lowest BCUT2D eigenvalue weighted by Crippen LogP contribution is -2.50. The monoisotopic (exact) mass is 499 g/mol. The number of carbonyl (C=O) groups excluding carboxylic acids is 1. The molecule has 1 saturated heterocycles. The second-order valence-corrected chi connectivity index (χ2v) is 11.0. The summed E-state index contributed by atoms with van der Waals surface area (Å²) in [5.41, 5.74) is 9.43. The molecular weight excluding hydrogens is 466 g/mol. The molecule has 1 aliphatic heterocycles. The molecular formula is C24H33N7O3S. The second-order valence-electron chi connectivity index (χ2n) is 9.11. The maximum Gasteiger partial charge on any atom is 0.254 e. The molecule has 1 amide bonds. The smallest absolute Gasteiger partial charge is 0.254 e. The van der Waals surface area contributed by atoms with E-state index >= 15 is 0 Å². The topological polar surface area (TPSA) is 127 Å². The van der Waals surface area contributed by atoms with Crippen LogP contribution < -0.4 is 5.73 Å². The number of aromatic nitrogens is 4. The molecule has 0 unspecified atom stereocenters. The lowest BCUT2D eigenvalue weighted by Gasteiger charge is -2.34. The van der Waals surface area contributed by atoms with Crippen LogP contribution in [-0.4, -0.2) is 69.3 Å². The highest BCUT2D eigenvalue weighted by atomic mass is 32.2. The Morgan fingerprint density at radius 3 is 2.37 bits per heavy atom. The van der Waals surface area contributed by atoms with Crippen molar-refractivity contribution in [1.29, 1.82) is 0 Å². The highest BCUT2D eigenvalue weighted by Crippen LogP contribution is 2.23. The number of nitrogens with zero attached hydrogens (tertiary/aromatic N) is 6. The molecule has 35 heavy (non-hydrogen) atoms. The van der Waals surface area contributed by atoms with Gasteiger partial charge in [0.2, 0.25) is 21.9 Å². The van der Waals surface area contributed by atoms with Gasteiger partial charge in [0.05, 0.1) is 4.90 Å². The average molecular weight is 500 g/mol. The molecule has 3 heterocycles. The number of aryl methyl sites for hydroxylation is 2. The Hall–Kier alpha value is -3.05. The van der Waals surface area contributed by atoms with Crippen molar-refractivity contribution in [1.82, 2.24) is 28.8 Å². The number of benzene rings is 1. The van der Waals surface area contributed by atoms with E-state index in [1.54, 1.807) is 21.5 Å². The van der Waals surface area contributed by atoms with E-state index in [4.69, 9.17) is 5.73 Å². The van der Waals surface area contributed by atoms with E-state index in [2.05, 4.69) is 28.9 Å². The summed E-state index contributed by atoms with van der Waals surface area (Å²) in [7, 11) is -3.58. The van der Waals surface area contributed by atoms with Crippen LogP contribution in [0, 0.1) is 13.8 Å². The first-order valence-electron chi connectivity index (χ1n) is 12.0. The van der Waals surface area contributed by atoms with E-state index in [0.717, 1.165) is 28.9 Å². The van der Waals surface area contributed by atoms with Crippen molar-refractivity contribution in [3.8, 4) is 0 Å². The van der Waals surface area contributed by atoms with Gasteiger partial charge in [-0.05, 0) is 55.9 Å². The standard InChI is InChI=1S/C24H33N7O3S/c1-5-16(2)19-6-8-20(9-7-19)35(33,34)30-14-12-29(13-15-30)22(32)11-10-21-17(3)26-24-27-23(25)28-31(24)18(21)4/h6-9,16H,5,10-15H2,1-4H3,(H2,25,28)/t16-/m1/s1. The number of carbonyl (C=O) groups is 1. The number of piperazine rings is 1. The number of rotatable bonds is 7. The second kappa shape index (κ2) is 9.90. The van der Waals surface area contributed by atoms with Gasteiger partial charge >= 0.3 is 0 Å². The number of anilines is 1. The van der Waals surface area contributed by atoms with Crippen LogP contribution in [0.1, 0.15) is 55.1 Å². The zero-order valence-corrected chi connectivity index (χ0v) is 21.5. The number of amides is 1.